The first-order chi connectivity index (χ1) is 8.22. The van der Waals surface area contributed by atoms with Crippen molar-refractivity contribution in [3.63, 3.8) is 0 Å². The number of hydrogen-bond donors (Lipinski definition) is 4. The summed E-state index contributed by atoms with van der Waals surface area (Å²) < 4.78 is 0. The van der Waals surface area contributed by atoms with Gasteiger partial charge in [-0.2, -0.15) is 0 Å². The summed E-state index contributed by atoms with van der Waals surface area (Å²) in [5, 5.41) is 12.2. The van der Waals surface area contributed by atoms with Crippen LogP contribution in [0.15, 0.2) is 24.4 Å². The van der Waals surface area contributed by atoms with Crippen LogP contribution in [0.25, 0.3) is 10.9 Å². The van der Waals surface area contributed by atoms with Gasteiger partial charge in [-0.05, 0) is 24.6 Å². The summed E-state index contributed by atoms with van der Waals surface area (Å²) in [5.74, 6) is -0.157. The minimum atomic E-state index is -0.157. The molecule has 0 unspecified atom stereocenters. The molecule has 0 bridgehead atoms. The van der Waals surface area contributed by atoms with E-state index in [1.54, 1.807) is 18.3 Å². The highest BCUT2D eigenvalue weighted by Crippen LogP contribution is 2.20. The van der Waals surface area contributed by atoms with Crippen LogP contribution in [0.3, 0.4) is 0 Å². The summed E-state index contributed by atoms with van der Waals surface area (Å²) in [5.41, 5.74) is 7.78. The van der Waals surface area contributed by atoms with Gasteiger partial charge < -0.3 is 21.1 Å². The van der Waals surface area contributed by atoms with E-state index < -0.39 is 0 Å². The Hall–Kier alpha value is -2.01. The fourth-order valence-corrected chi connectivity index (χ4v) is 1.70. The maximum absolute atomic E-state index is 11.9. The highest BCUT2D eigenvalue weighted by molar-refractivity contribution is 6.07. The van der Waals surface area contributed by atoms with Crippen molar-refractivity contribution in [1.82, 2.24) is 10.3 Å². The Labute approximate surface area is 98.6 Å². The Morgan fingerprint density at radius 3 is 3.06 bits per heavy atom. The Kier molecular flexibility index (Phi) is 3.30. The number of anilines is 1. The topological polar surface area (TPSA) is 91.1 Å². The van der Waals surface area contributed by atoms with Gasteiger partial charge in [0.2, 0.25) is 0 Å². The summed E-state index contributed by atoms with van der Waals surface area (Å²) in [7, 11) is 0. The number of benzene rings is 1. The van der Waals surface area contributed by atoms with Crippen LogP contribution in [0.4, 0.5) is 5.69 Å². The van der Waals surface area contributed by atoms with E-state index in [0.29, 0.717) is 24.2 Å². The summed E-state index contributed by atoms with van der Waals surface area (Å²) >= 11 is 0. The second-order valence-electron chi connectivity index (χ2n) is 3.84. The highest BCUT2D eigenvalue weighted by Gasteiger charge is 2.11. The van der Waals surface area contributed by atoms with Crippen molar-refractivity contribution < 1.29 is 9.90 Å². The molecular weight excluding hydrogens is 218 g/mol. The number of carbonyl (C=O) groups excluding carboxylic acids is 1. The van der Waals surface area contributed by atoms with E-state index in [1.165, 1.54) is 0 Å². The number of nitrogens with two attached hydrogens (primary N) is 1. The van der Waals surface area contributed by atoms with Crippen LogP contribution in [0.2, 0.25) is 0 Å². The number of amides is 1. The Morgan fingerprint density at radius 1 is 1.47 bits per heavy atom. The Balaban J connectivity index is 2.23. The van der Waals surface area contributed by atoms with Gasteiger partial charge in [0.25, 0.3) is 5.91 Å². The number of fused-ring (bicyclic) bond motifs is 1. The molecule has 1 amide bonds. The number of aliphatic hydroxyl groups is 1. The number of nitrogen functional groups attached to an aromatic ring is 1. The predicted octanol–water partition coefficient (Wildman–Crippen LogP) is 0.862. The fraction of sp³-hybridized carbons (Fsp3) is 0.250. The van der Waals surface area contributed by atoms with Gasteiger partial charge in [0.15, 0.2) is 0 Å². The van der Waals surface area contributed by atoms with E-state index in [-0.39, 0.29) is 12.5 Å². The lowest BCUT2D eigenvalue weighted by Crippen LogP contribution is -2.24. The minimum Gasteiger partial charge on any atom is -0.399 e. The molecule has 2 aromatic rings. The van der Waals surface area contributed by atoms with Crippen LogP contribution in [-0.4, -0.2) is 29.1 Å². The second kappa shape index (κ2) is 4.88. The molecule has 0 saturated carbocycles. The van der Waals surface area contributed by atoms with Gasteiger partial charge >= 0.3 is 0 Å². The molecule has 0 aliphatic heterocycles. The van der Waals surface area contributed by atoms with Crippen molar-refractivity contribution in [2.75, 3.05) is 18.9 Å². The zero-order valence-corrected chi connectivity index (χ0v) is 9.36. The lowest BCUT2D eigenvalue weighted by molar-refractivity contribution is 0.0953. The van der Waals surface area contributed by atoms with Gasteiger partial charge in [0.05, 0.1) is 5.56 Å². The number of carbonyl (C=O) groups is 1. The molecule has 1 heterocycles. The molecule has 5 heteroatoms. The fourth-order valence-electron chi connectivity index (χ4n) is 1.70. The van der Waals surface area contributed by atoms with Gasteiger partial charge in [-0.3, -0.25) is 4.79 Å². The van der Waals surface area contributed by atoms with Crippen molar-refractivity contribution in [3.8, 4) is 0 Å². The quantitative estimate of drug-likeness (QED) is 0.466. The lowest BCUT2D eigenvalue weighted by atomic mass is 10.1. The summed E-state index contributed by atoms with van der Waals surface area (Å²) in [6.45, 7) is 0.533. The molecule has 2 rings (SSSR count). The van der Waals surface area contributed by atoms with Gasteiger partial charge in [-0.1, -0.05) is 0 Å². The van der Waals surface area contributed by atoms with E-state index in [4.69, 9.17) is 10.8 Å². The molecule has 1 aromatic carbocycles. The van der Waals surface area contributed by atoms with Crippen molar-refractivity contribution >= 4 is 22.5 Å². The zero-order chi connectivity index (χ0) is 12.3. The van der Waals surface area contributed by atoms with Crippen molar-refractivity contribution in [1.29, 1.82) is 0 Å². The molecule has 90 valence electrons. The smallest absolute Gasteiger partial charge is 0.253 e. The summed E-state index contributed by atoms with van der Waals surface area (Å²) in [6.07, 6.45) is 2.22. The van der Waals surface area contributed by atoms with E-state index in [9.17, 15) is 4.79 Å². The van der Waals surface area contributed by atoms with Gasteiger partial charge in [0, 0.05) is 35.9 Å². The number of hydrogen-bond acceptors (Lipinski definition) is 3. The van der Waals surface area contributed by atoms with Crippen LogP contribution >= 0.6 is 0 Å². The molecule has 0 atom stereocenters. The average molecular weight is 233 g/mol. The molecule has 0 saturated heterocycles. The normalized spacial score (nSPS) is 10.6. The third-order valence-electron chi connectivity index (χ3n) is 2.57. The Bertz CT molecular complexity index is 534. The molecule has 0 aliphatic carbocycles. The van der Waals surface area contributed by atoms with Crippen LogP contribution in [0, 0.1) is 0 Å². The number of aromatic nitrogens is 1. The second-order valence-corrected chi connectivity index (χ2v) is 3.84. The Morgan fingerprint density at radius 2 is 2.29 bits per heavy atom. The van der Waals surface area contributed by atoms with Crippen molar-refractivity contribution in [2.24, 2.45) is 0 Å². The number of aromatic amines is 1. The van der Waals surface area contributed by atoms with Crippen LogP contribution in [0.5, 0.6) is 0 Å². The molecule has 5 nitrogen and oxygen atoms in total. The molecule has 5 N–H and O–H groups in total. The lowest BCUT2D eigenvalue weighted by Gasteiger charge is -2.02. The number of H-pyrrole nitrogens is 1. The van der Waals surface area contributed by atoms with Crippen LogP contribution in [0.1, 0.15) is 16.8 Å². The minimum absolute atomic E-state index is 0.0705. The average Bonchev–Trinajstić information content (AvgIpc) is 2.72. The first-order valence-corrected chi connectivity index (χ1v) is 5.48. The SMILES string of the molecule is Nc1ccc2[nH]cc(C(=O)NCCCO)c2c1. The zero-order valence-electron chi connectivity index (χ0n) is 9.36. The molecule has 0 radical (unpaired) electrons. The first kappa shape index (κ1) is 11.5. The van der Waals surface area contributed by atoms with E-state index in [1.807, 2.05) is 6.07 Å². The number of nitrogens with one attached hydrogen (secondary N) is 2. The maximum Gasteiger partial charge on any atom is 0.253 e. The summed E-state index contributed by atoms with van der Waals surface area (Å²) in [4.78, 5) is 14.9. The van der Waals surface area contributed by atoms with E-state index in [0.717, 1.165) is 10.9 Å². The van der Waals surface area contributed by atoms with Crippen molar-refractivity contribution in [3.05, 3.63) is 30.0 Å². The van der Waals surface area contributed by atoms with Gasteiger partial charge in [-0.15, -0.1) is 0 Å². The van der Waals surface area contributed by atoms with Crippen molar-refractivity contribution in [2.45, 2.75) is 6.42 Å². The maximum atomic E-state index is 11.9. The van der Waals surface area contributed by atoms with Gasteiger partial charge in [0.1, 0.15) is 0 Å². The largest absolute Gasteiger partial charge is 0.399 e. The standard InChI is InChI=1S/C12H15N3O2/c13-8-2-3-11-9(6-8)10(7-15-11)12(17)14-4-1-5-16/h2-3,6-7,15-16H,1,4-5,13H2,(H,14,17). The number of rotatable bonds is 4. The molecule has 0 aliphatic rings. The highest BCUT2D eigenvalue weighted by atomic mass is 16.3. The van der Waals surface area contributed by atoms with Crippen LogP contribution in [-0.2, 0) is 0 Å². The van der Waals surface area contributed by atoms with Gasteiger partial charge in [-0.25, -0.2) is 0 Å². The molecule has 17 heavy (non-hydrogen) atoms. The van der Waals surface area contributed by atoms with E-state index in [2.05, 4.69) is 10.3 Å². The van der Waals surface area contributed by atoms with E-state index >= 15 is 0 Å². The molecular formula is C12H15N3O2. The third kappa shape index (κ3) is 2.39. The summed E-state index contributed by atoms with van der Waals surface area (Å²) in [6, 6.07) is 5.40. The third-order valence-corrected chi connectivity index (χ3v) is 2.57. The monoisotopic (exact) mass is 233 g/mol. The molecule has 0 fully saturated rings. The van der Waals surface area contributed by atoms with Crippen LogP contribution < -0.4 is 11.1 Å². The molecule has 1 aromatic heterocycles. The first-order valence-electron chi connectivity index (χ1n) is 5.48. The molecule has 0 spiro atoms. The predicted molar refractivity (Wildman–Crippen MR) is 66.7 cm³/mol. The number of aliphatic hydroxyl groups excluding tert-OH is 1.